The minimum absolute atomic E-state index is 0.0667. The van der Waals surface area contributed by atoms with Crippen LogP contribution in [0.25, 0.3) is 20.8 Å². The molecule has 0 fully saturated rings. The second-order valence-corrected chi connectivity index (χ2v) is 6.09. The minimum atomic E-state index is -0.0667. The molecule has 5 heteroatoms. The fourth-order valence-corrected chi connectivity index (χ4v) is 3.23. The number of methoxy groups -OCH3 is 1. The summed E-state index contributed by atoms with van der Waals surface area (Å²) in [6.07, 6.45) is 0. The molecular weight excluding hydrogens is 296 g/mol. The van der Waals surface area contributed by atoms with Crippen LogP contribution in [-0.4, -0.2) is 18.0 Å². The number of benzene rings is 2. The lowest BCUT2D eigenvalue weighted by molar-refractivity contribution is -0.114. The largest absolute Gasteiger partial charge is 0.497 e. The van der Waals surface area contributed by atoms with Crippen LogP contribution in [-0.2, 0) is 4.79 Å². The van der Waals surface area contributed by atoms with Crippen LogP contribution in [0.4, 0.5) is 5.69 Å². The van der Waals surface area contributed by atoms with Crippen molar-refractivity contribution in [1.29, 1.82) is 0 Å². The molecule has 112 valence electrons. The smallest absolute Gasteiger partial charge is 0.221 e. The van der Waals surface area contributed by atoms with E-state index in [4.69, 9.17) is 4.74 Å². The summed E-state index contributed by atoms with van der Waals surface area (Å²) in [6.45, 7) is 3.49. The second-order valence-electron chi connectivity index (χ2n) is 5.06. The predicted molar refractivity (Wildman–Crippen MR) is 90.6 cm³/mol. The number of anilines is 1. The zero-order chi connectivity index (χ0) is 15.7. The van der Waals surface area contributed by atoms with E-state index in [2.05, 4.69) is 10.3 Å². The van der Waals surface area contributed by atoms with Crippen molar-refractivity contribution in [3.63, 3.8) is 0 Å². The Bertz CT molecular complexity index is 855. The Balaban J connectivity index is 2.00. The molecule has 22 heavy (non-hydrogen) atoms. The monoisotopic (exact) mass is 312 g/mol. The van der Waals surface area contributed by atoms with E-state index in [1.807, 2.05) is 43.3 Å². The van der Waals surface area contributed by atoms with Crippen molar-refractivity contribution in [2.24, 2.45) is 0 Å². The Morgan fingerprint density at radius 2 is 2.05 bits per heavy atom. The molecule has 2 aromatic carbocycles. The van der Waals surface area contributed by atoms with Gasteiger partial charge in [-0.2, -0.15) is 0 Å². The fraction of sp³-hybridized carbons (Fsp3) is 0.176. The van der Waals surface area contributed by atoms with Crippen LogP contribution in [0.2, 0.25) is 0 Å². The average Bonchev–Trinajstić information content (AvgIpc) is 2.91. The van der Waals surface area contributed by atoms with Crippen LogP contribution < -0.4 is 10.1 Å². The van der Waals surface area contributed by atoms with E-state index in [1.165, 1.54) is 6.92 Å². The van der Waals surface area contributed by atoms with Gasteiger partial charge in [0.25, 0.3) is 0 Å². The minimum Gasteiger partial charge on any atom is -0.497 e. The van der Waals surface area contributed by atoms with E-state index in [0.29, 0.717) is 0 Å². The zero-order valence-electron chi connectivity index (χ0n) is 12.6. The predicted octanol–water partition coefficient (Wildman–Crippen LogP) is 4.24. The molecule has 1 N–H and O–H groups in total. The second kappa shape index (κ2) is 5.77. The highest BCUT2D eigenvalue weighted by Gasteiger charge is 2.09. The molecule has 0 bridgehead atoms. The Morgan fingerprint density at radius 1 is 1.23 bits per heavy atom. The maximum absolute atomic E-state index is 11.2. The third kappa shape index (κ3) is 2.80. The molecule has 1 amide bonds. The number of hydrogen-bond donors (Lipinski definition) is 1. The third-order valence-corrected chi connectivity index (χ3v) is 4.46. The van der Waals surface area contributed by atoms with Gasteiger partial charge < -0.3 is 10.1 Å². The van der Waals surface area contributed by atoms with Gasteiger partial charge in [-0.25, -0.2) is 4.98 Å². The molecule has 0 saturated carbocycles. The van der Waals surface area contributed by atoms with Crippen molar-refractivity contribution in [2.75, 3.05) is 12.4 Å². The van der Waals surface area contributed by atoms with Crippen molar-refractivity contribution < 1.29 is 9.53 Å². The van der Waals surface area contributed by atoms with Gasteiger partial charge in [-0.05, 0) is 42.8 Å². The highest BCUT2D eigenvalue weighted by molar-refractivity contribution is 7.21. The number of aromatic nitrogens is 1. The van der Waals surface area contributed by atoms with Gasteiger partial charge in [0.1, 0.15) is 10.8 Å². The van der Waals surface area contributed by atoms with Gasteiger partial charge >= 0.3 is 0 Å². The number of ether oxygens (including phenoxy) is 1. The molecule has 0 spiro atoms. The number of carbonyl (C=O) groups excluding carboxylic acids is 1. The quantitative estimate of drug-likeness (QED) is 0.787. The van der Waals surface area contributed by atoms with Crippen molar-refractivity contribution in [2.45, 2.75) is 13.8 Å². The van der Waals surface area contributed by atoms with Crippen LogP contribution in [0.3, 0.4) is 0 Å². The summed E-state index contributed by atoms with van der Waals surface area (Å²) < 4.78 is 6.36. The van der Waals surface area contributed by atoms with Gasteiger partial charge in [0.2, 0.25) is 5.91 Å². The molecule has 3 rings (SSSR count). The third-order valence-electron chi connectivity index (χ3n) is 3.38. The van der Waals surface area contributed by atoms with Crippen LogP contribution in [0.1, 0.15) is 12.5 Å². The number of amides is 1. The normalized spacial score (nSPS) is 10.7. The Morgan fingerprint density at radius 3 is 2.73 bits per heavy atom. The number of nitrogens with one attached hydrogen (secondary N) is 1. The first-order chi connectivity index (χ1) is 10.6. The van der Waals surface area contributed by atoms with E-state index in [-0.39, 0.29) is 5.91 Å². The fourth-order valence-electron chi connectivity index (χ4n) is 2.28. The maximum atomic E-state index is 11.2. The van der Waals surface area contributed by atoms with E-state index in [1.54, 1.807) is 18.4 Å². The maximum Gasteiger partial charge on any atom is 0.221 e. The lowest BCUT2D eigenvalue weighted by atomic mass is 10.1. The molecule has 0 atom stereocenters. The number of thiazole rings is 1. The average molecular weight is 312 g/mol. The zero-order valence-corrected chi connectivity index (χ0v) is 13.5. The van der Waals surface area contributed by atoms with Crippen LogP contribution in [0.15, 0.2) is 36.4 Å². The molecule has 1 heterocycles. The first kappa shape index (κ1) is 14.5. The van der Waals surface area contributed by atoms with Crippen molar-refractivity contribution >= 4 is 33.1 Å². The standard InChI is InChI=1S/C17H16N2O2S/c1-10-8-12(4-6-14(10)18-11(2)20)17-19-15-9-13(21-3)5-7-16(15)22-17/h4-9H,1-3H3,(H,18,20). The first-order valence-electron chi connectivity index (χ1n) is 6.90. The molecule has 3 aromatic rings. The topological polar surface area (TPSA) is 51.2 Å². The number of aryl methyl sites for hydroxylation is 1. The van der Waals surface area contributed by atoms with Crippen molar-refractivity contribution in [3.05, 3.63) is 42.0 Å². The molecule has 1 aromatic heterocycles. The molecule has 4 nitrogen and oxygen atoms in total. The molecule has 0 unspecified atom stereocenters. The summed E-state index contributed by atoms with van der Waals surface area (Å²) in [6, 6.07) is 11.8. The number of hydrogen-bond acceptors (Lipinski definition) is 4. The first-order valence-corrected chi connectivity index (χ1v) is 7.71. The van der Waals surface area contributed by atoms with Gasteiger partial charge in [0.05, 0.1) is 17.3 Å². The summed E-state index contributed by atoms with van der Waals surface area (Å²) in [4.78, 5) is 15.8. The molecule has 0 radical (unpaired) electrons. The summed E-state index contributed by atoms with van der Waals surface area (Å²) >= 11 is 1.64. The number of fused-ring (bicyclic) bond motifs is 1. The molecule has 0 aliphatic heterocycles. The molecular formula is C17H16N2O2S. The Labute approximate surface area is 132 Å². The van der Waals surface area contributed by atoms with Crippen molar-refractivity contribution in [3.8, 4) is 16.3 Å². The van der Waals surface area contributed by atoms with Gasteiger partial charge in [0, 0.05) is 24.2 Å². The van der Waals surface area contributed by atoms with Gasteiger partial charge in [-0.15, -0.1) is 11.3 Å². The Hall–Kier alpha value is -2.40. The number of carbonyl (C=O) groups is 1. The van der Waals surface area contributed by atoms with E-state index >= 15 is 0 Å². The Kier molecular flexibility index (Phi) is 3.81. The summed E-state index contributed by atoms with van der Waals surface area (Å²) in [5.41, 5.74) is 3.83. The summed E-state index contributed by atoms with van der Waals surface area (Å²) in [5.74, 6) is 0.740. The van der Waals surface area contributed by atoms with Crippen molar-refractivity contribution in [1.82, 2.24) is 4.98 Å². The summed E-state index contributed by atoms with van der Waals surface area (Å²) in [7, 11) is 1.65. The van der Waals surface area contributed by atoms with Crippen LogP contribution >= 0.6 is 11.3 Å². The van der Waals surface area contributed by atoms with Gasteiger partial charge in [-0.3, -0.25) is 4.79 Å². The summed E-state index contributed by atoms with van der Waals surface area (Å²) in [5, 5.41) is 3.78. The van der Waals surface area contributed by atoms with E-state index in [9.17, 15) is 4.79 Å². The molecule has 0 saturated heterocycles. The SMILES string of the molecule is COc1ccc2sc(-c3ccc(NC(C)=O)c(C)c3)nc2c1. The lowest BCUT2D eigenvalue weighted by Crippen LogP contribution is -2.06. The highest BCUT2D eigenvalue weighted by Crippen LogP contribution is 2.33. The lowest BCUT2D eigenvalue weighted by Gasteiger charge is -2.07. The number of nitrogens with zero attached hydrogens (tertiary/aromatic N) is 1. The number of rotatable bonds is 3. The van der Waals surface area contributed by atoms with E-state index in [0.717, 1.165) is 37.8 Å². The van der Waals surface area contributed by atoms with Crippen LogP contribution in [0, 0.1) is 6.92 Å². The van der Waals surface area contributed by atoms with Gasteiger partial charge in [0.15, 0.2) is 0 Å². The highest BCUT2D eigenvalue weighted by atomic mass is 32.1. The molecule has 0 aliphatic carbocycles. The van der Waals surface area contributed by atoms with Crippen LogP contribution in [0.5, 0.6) is 5.75 Å². The molecule has 0 aliphatic rings. The van der Waals surface area contributed by atoms with Gasteiger partial charge in [-0.1, -0.05) is 0 Å². The van der Waals surface area contributed by atoms with E-state index < -0.39 is 0 Å².